The van der Waals surface area contributed by atoms with Crippen LogP contribution in [-0.2, 0) is 11.3 Å². The second-order valence-corrected chi connectivity index (χ2v) is 8.94. The van der Waals surface area contributed by atoms with Gasteiger partial charge in [-0.05, 0) is 54.2 Å². The summed E-state index contributed by atoms with van der Waals surface area (Å²) < 4.78 is 13.1. The number of hydrogen-bond donors (Lipinski definition) is 1. The lowest BCUT2D eigenvalue weighted by Crippen LogP contribution is -2.40. The second kappa shape index (κ2) is 10.7. The van der Waals surface area contributed by atoms with E-state index < -0.39 is 0 Å². The zero-order valence-corrected chi connectivity index (χ0v) is 18.4. The fourth-order valence-electron chi connectivity index (χ4n) is 4.02. The van der Waals surface area contributed by atoms with Crippen molar-refractivity contribution in [3.8, 4) is 0 Å². The summed E-state index contributed by atoms with van der Waals surface area (Å²) >= 11 is 1.66. The molecule has 3 aromatic rings. The number of nitrogens with zero attached hydrogens (tertiary/aromatic N) is 2. The third-order valence-electron chi connectivity index (χ3n) is 5.63. The lowest BCUT2D eigenvalue weighted by atomic mass is 10.1. The number of rotatable bonds is 7. The van der Waals surface area contributed by atoms with Crippen molar-refractivity contribution < 1.29 is 9.18 Å². The van der Waals surface area contributed by atoms with Crippen molar-refractivity contribution in [1.29, 1.82) is 0 Å². The molecule has 1 fully saturated rings. The molecule has 1 N–H and O–H groups in total. The van der Waals surface area contributed by atoms with Crippen molar-refractivity contribution in [3.63, 3.8) is 0 Å². The Kier molecular flexibility index (Phi) is 7.46. The van der Waals surface area contributed by atoms with E-state index in [9.17, 15) is 9.18 Å². The van der Waals surface area contributed by atoms with Gasteiger partial charge in [0.1, 0.15) is 5.82 Å². The number of halogens is 1. The molecule has 1 aliphatic heterocycles. The summed E-state index contributed by atoms with van der Waals surface area (Å²) in [7, 11) is 0. The third-order valence-corrected chi connectivity index (χ3v) is 6.57. The van der Waals surface area contributed by atoms with Crippen molar-refractivity contribution in [3.05, 3.63) is 93.9 Å². The molecule has 4 rings (SSSR count). The molecule has 0 spiro atoms. The molecule has 1 aromatic heterocycles. The summed E-state index contributed by atoms with van der Waals surface area (Å²) in [6, 6.07) is 20.8. The first-order valence-corrected chi connectivity index (χ1v) is 11.6. The highest BCUT2D eigenvalue weighted by atomic mass is 32.1. The fraction of sp³-hybridized carbons (Fsp3) is 0.320. The molecule has 1 saturated heterocycles. The Morgan fingerprint density at radius 2 is 1.68 bits per heavy atom. The van der Waals surface area contributed by atoms with Gasteiger partial charge in [0.25, 0.3) is 0 Å². The molecule has 4 nitrogen and oxygen atoms in total. The Morgan fingerprint density at radius 3 is 2.42 bits per heavy atom. The van der Waals surface area contributed by atoms with Crippen LogP contribution in [-0.4, -0.2) is 48.4 Å². The van der Waals surface area contributed by atoms with Gasteiger partial charge in [0.2, 0.25) is 5.91 Å². The minimum atomic E-state index is -0.201. The van der Waals surface area contributed by atoms with Crippen molar-refractivity contribution in [2.45, 2.75) is 19.0 Å². The SMILES string of the molecule is O=C(CN1CCCN(Cc2ccc(F)cc2)CC1)NC(c1ccccc1)c1cccs1. The third kappa shape index (κ3) is 6.23. The Hall–Kier alpha value is -2.54. The van der Waals surface area contributed by atoms with E-state index in [1.54, 1.807) is 11.3 Å². The first-order chi connectivity index (χ1) is 15.2. The monoisotopic (exact) mass is 437 g/mol. The number of thiophene rings is 1. The van der Waals surface area contributed by atoms with E-state index in [0.717, 1.165) is 55.1 Å². The normalized spacial score (nSPS) is 16.5. The van der Waals surface area contributed by atoms with Crippen LogP contribution in [0.5, 0.6) is 0 Å². The zero-order chi connectivity index (χ0) is 21.5. The van der Waals surface area contributed by atoms with E-state index in [0.29, 0.717) is 6.54 Å². The number of amides is 1. The van der Waals surface area contributed by atoms with Gasteiger partial charge in [-0.25, -0.2) is 4.39 Å². The Labute approximate surface area is 187 Å². The molecule has 1 atom stereocenters. The zero-order valence-electron chi connectivity index (χ0n) is 17.5. The summed E-state index contributed by atoms with van der Waals surface area (Å²) in [5.74, 6) is -0.151. The van der Waals surface area contributed by atoms with E-state index in [1.165, 1.54) is 12.1 Å². The molecule has 0 bridgehead atoms. The summed E-state index contributed by atoms with van der Waals surface area (Å²) in [5, 5.41) is 5.28. The van der Waals surface area contributed by atoms with Gasteiger partial charge >= 0.3 is 0 Å². The van der Waals surface area contributed by atoms with Crippen molar-refractivity contribution >= 4 is 17.2 Å². The van der Waals surface area contributed by atoms with Crippen LogP contribution in [0.25, 0.3) is 0 Å². The van der Waals surface area contributed by atoms with Crippen molar-refractivity contribution in [1.82, 2.24) is 15.1 Å². The lowest BCUT2D eigenvalue weighted by Gasteiger charge is -2.23. The molecule has 31 heavy (non-hydrogen) atoms. The van der Waals surface area contributed by atoms with E-state index in [-0.39, 0.29) is 17.8 Å². The maximum Gasteiger partial charge on any atom is 0.234 e. The van der Waals surface area contributed by atoms with Gasteiger partial charge in [0, 0.05) is 24.5 Å². The van der Waals surface area contributed by atoms with Gasteiger partial charge in [-0.3, -0.25) is 14.6 Å². The largest absolute Gasteiger partial charge is 0.343 e. The Bertz CT molecular complexity index is 947. The van der Waals surface area contributed by atoms with E-state index in [2.05, 4.69) is 33.3 Å². The molecule has 2 aromatic carbocycles. The van der Waals surface area contributed by atoms with Gasteiger partial charge in [-0.1, -0.05) is 48.5 Å². The molecule has 162 valence electrons. The Morgan fingerprint density at radius 1 is 0.935 bits per heavy atom. The summed E-state index contributed by atoms with van der Waals surface area (Å²) in [4.78, 5) is 18.7. The highest BCUT2D eigenvalue weighted by Crippen LogP contribution is 2.25. The van der Waals surface area contributed by atoms with E-state index >= 15 is 0 Å². The molecule has 1 amide bonds. The molecule has 0 aliphatic carbocycles. The number of benzene rings is 2. The predicted molar refractivity (Wildman–Crippen MR) is 123 cm³/mol. The van der Waals surface area contributed by atoms with Crippen molar-refractivity contribution in [2.75, 3.05) is 32.7 Å². The van der Waals surface area contributed by atoms with E-state index in [4.69, 9.17) is 0 Å². The van der Waals surface area contributed by atoms with Crippen LogP contribution in [0, 0.1) is 5.82 Å². The number of carbonyl (C=O) groups is 1. The topological polar surface area (TPSA) is 35.6 Å². The minimum Gasteiger partial charge on any atom is -0.343 e. The van der Waals surface area contributed by atoms with Gasteiger partial charge in [-0.2, -0.15) is 0 Å². The van der Waals surface area contributed by atoms with Crippen molar-refractivity contribution in [2.24, 2.45) is 0 Å². The van der Waals surface area contributed by atoms with Gasteiger partial charge in [0.05, 0.1) is 12.6 Å². The summed E-state index contributed by atoms with van der Waals surface area (Å²) in [6.45, 7) is 4.86. The number of carbonyl (C=O) groups excluding carboxylic acids is 1. The second-order valence-electron chi connectivity index (χ2n) is 7.96. The highest BCUT2D eigenvalue weighted by molar-refractivity contribution is 7.10. The fourth-order valence-corrected chi connectivity index (χ4v) is 4.82. The van der Waals surface area contributed by atoms with E-state index in [1.807, 2.05) is 41.8 Å². The van der Waals surface area contributed by atoms with Crippen LogP contribution < -0.4 is 5.32 Å². The average molecular weight is 438 g/mol. The lowest BCUT2D eigenvalue weighted by molar-refractivity contribution is -0.122. The van der Waals surface area contributed by atoms with Crippen LogP contribution in [0.2, 0.25) is 0 Å². The van der Waals surface area contributed by atoms with Crippen LogP contribution in [0.1, 0.15) is 28.5 Å². The van der Waals surface area contributed by atoms with Crippen LogP contribution in [0.15, 0.2) is 72.1 Å². The van der Waals surface area contributed by atoms with Crippen LogP contribution >= 0.6 is 11.3 Å². The average Bonchev–Trinajstić information content (AvgIpc) is 3.23. The molecule has 1 unspecified atom stereocenters. The molecule has 2 heterocycles. The molecule has 6 heteroatoms. The summed E-state index contributed by atoms with van der Waals surface area (Å²) in [5.41, 5.74) is 2.22. The Balaban J connectivity index is 1.32. The molecule has 0 saturated carbocycles. The highest BCUT2D eigenvalue weighted by Gasteiger charge is 2.21. The molecule has 1 aliphatic rings. The molecule has 0 radical (unpaired) electrons. The van der Waals surface area contributed by atoms with Gasteiger partial charge in [0.15, 0.2) is 0 Å². The van der Waals surface area contributed by atoms with Crippen LogP contribution in [0.3, 0.4) is 0 Å². The van der Waals surface area contributed by atoms with Gasteiger partial charge in [-0.15, -0.1) is 11.3 Å². The van der Waals surface area contributed by atoms with Crippen LogP contribution in [0.4, 0.5) is 4.39 Å². The quantitative estimate of drug-likeness (QED) is 0.599. The maximum atomic E-state index is 13.1. The number of nitrogens with one attached hydrogen (secondary N) is 1. The predicted octanol–water partition coefficient (Wildman–Crippen LogP) is 4.30. The number of hydrogen-bond acceptors (Lipinski definition) is 4. The minimum absolute atomic E-state index is 0.0502. The first kappa shape index (κ1) is 21.7. The summed E-state index contributed by atoms with van der Waals surface area (Å²) in [6.07, 6.45) is 1.02. The smallest absolute Gasteiger partial charge is 0.234 e. The molecular weight excluding hydrogens is 409 g/mol. The molecular formula is C25H28FN3OS. The first-order valence-electron chi connectivity index (χ1n) is 10.7. The maximum absolute atomic E-state index is 13.1. The standard InChI is InChI=1S/C25H28FN3OS/c26-22-11-9-20(10-12-22)18-28-13-5-14-29(16-15-28)19-24(30)27-25(23-8-4-17-31-23)21-6-2-1-3-7-21/h1-4,6-12,17,25H,5,13-16,18-19H2,(H,27,30). The van der Waals surface area contributed by atoms with Gasteiger partial charge < -0.3 is 5.32 Å².